The molecule has 0 spiro atoms. The van der Waals surface area contributed by atoms with Crippen LogP contribution in [0.25, 0.3) is 0 Å². The van der Waals surface area contributed by atoms with Crippen LogP contribution in [0.4, 0.5) is 18.9 Å². The number of halogens is 3. The van der Waals surface area contributed by atoms with Crippen LogP contribution >= 0.6 is 0 Å². The van der Waals surface area contributed by atoms with Gasteiger partial charge in [-0.25, -0.2) is 0 Å². The number of benzene rings is 1. The maximum Gasteiger partial charge on any atom is 0.391 e. The number of piperidine rings is 1. The van der Waals surface area contributed by atoms with Crippen LogP contribution in [-0.2, 0) is 6.42 Å². The molecule has 2 nitrogen and oxygen atoms in total. The predicted octanol–water partition coefficient (Wildman–Crippen LogP) is 3.36. The summed E-state index contributed by atoms with van der Waals surface area (Å²) in [6.07, 6.45) is -2.96. The first-order valence-corrected chi connectivity index (χ1v) is 7.03. The number of nitrogens with zero attached hydrogens (tertiary/aromatic N) is 1. The van der Waals surface area contributed by atoms with Crippen molar-refractivity contribution in [3.63, 3.8) is 0 Å². The molecule has 1 aromatic rings. The van der Waals surface area contributed by atoms with E-state index in [1.807, 2.05) is 31.2 Å². The van der Waals surface area contributed by atoms with Crippen LogP contribution in [-0.4, -0.2) is 25.3 Å². The van der Waals surface area contributed by atoms with Crippen LogP contribution in [0.2, 0.25) is 0 Å². The summed E-state index contributed by atoms with van der Waals surface area (Å²) in [6.45, 7) is 2.85. The molecule has 2 rings (SSSR count). The van der Waals surface area contributed by atoms with E-state index in [-0.39, 0.29) is 18.9 Å². The molecular weight excluding hydrogens is 265 g/mol. The van der Waals surface area contributed by atoms with Crippen molar-refractivity contribution >= 4 is 5.69 Å². The Morgan fingerprint density at radius 3 is 2.40 bits per heavy atom. The average molecular weight is 286 g/mol. The van der Waals surface area contributed by atoms with E-state index in [0.717, 1.165) is 17.7 Å². The van der Waals surface area contributed by atoms with Gasteiger partial charge < -0.3 is 10.6 Å². The normalized spacial score (nSPS) is 19.1. The van der Waals surface area contributed by atoms with E-state index in [4.69, 9.17) is 5.73 Å². The summed E-state index contributed by atoms with van der Waals surface area (Å²) >= 11 is 0. The molecule has 0 aromatic heterocycles. The lowest BCUT2D eigenvalue weighted by molar-refractivity contribution is -0.179. The van der Waals surface area contributed by atoms with Crippen molar-refractivity contribution in [1.82, 2.24) is 0 Å². The van der Waals surface area contributed by atoms with Crippen molar-refractivity contribution in [3.8, 4) is 0 Å². The fraction of sp³-hybridized carbons (Fsp3) is 0.600. The number of hydrogen-bond donors (Lipinski definition) is 1. The lowest BCUT2D eigenvalue weighted by Crippen LogP contribution is -2.39. The van der Waals surface area contributed by atoms with Crippen molar-refractivity contribution in [2.75, 3.05) is 18.0 Å². The zero-order valence-corrected chi connectivity index (χ0v) is 11.7. The summed E-state index contributed by atoms with van der Waals surface area (Å²) in [5, 5.41) is 0. The van der Waals surface area contributed by atoms with Crippen molar-refractivity contribution < 1.29 is 13.2 Å². The van der Waals surface area contributed by atoms with Gasteiger partial charge in [-0.2, -0.15) is 13.2 Å². The molecule has 20 heavy (non-hydrogen) atoms. The van der Waals surface area contributed by atoms with E-state index in [2.05, 4.69) is 4.90 Å². The molecule has 1 aliphatic heterocycles. The number of hydrogen-bond acceptors (Lipinski definition) is 2. The monoisotopic (exact) mass is 286 g/mol. The van der Waals surface area contributed by atoms with Gasteiger partial charge in [0.1, 0.15) is 0 Å². The molecule has 0 aliphatic carbocycles. The molecule has 0 radical (unpaired) electrons. The first kappa shape index (κ1) is 15.2. The number of nitrogens with two attached hydrogens (primary N) is 1. The third-order valence-electron chi connectivity index (χ3n) is 3.83. The molecule has 0 bridgehead atoms. The molecule has 0 saturated carbocycles. The van der Waals surface area contributed by atoms with Crippen LogP contribution in [0.3, 0.4) is 0 Å². The third-order valence-corrected chi connectivity index (χ3v) is 3.83. The van der Waals surface area contributed by atoms with Crippen LogP contribution in [0.5, 0.6) is 0 Å². The molecule has 112 valence electrons. The summed E-state index contributed by atoms with van der Waals surface area (Å²) in [7, 11) is 0. The minimum absolute atomic E-state index is 0.0452. The van der Waals surface area contributed by atoms with E-state index in [0.29, 0.717) is 13.1 Å². The molecule has 1 aliphatic rings. The lowest BCUT2D eigenvalue weighted by Gasteiger charge is -2.35. The van der Waals surface area contributed by atoms with Crippen LogP contribution < -0.4 is 10.6 Å². The Hall–Kier alpha value is -1.23. The molecule has 1 fully saturated rings. The Kier molecular flexibility index (Phi) is 4.58. The van der Waals surface area contributed by atoms with Gasteiger partial charge in [-0.1, -0.05) is 18.2 Å². The fourth-order valence-corrected chi connectivity index (χ4v) is 2.79. The zero-order chi connectivity index (χ0) is 14.8. The van der Waals surface area contributed by atoms with Crippen molar-refractivity contribution in [1.29, 1.82) is 0 Å². The van der Waals surface area contributed by atoms with Gasteiger partial charge >= 0.3 is 6.18 Å². The van der Waals surface area contributed by atoms with Crippen molar-refractivity contribution in [2.24, 2.45) is 11.7 Å². The molecule has 2 N–H and O–H groups in total. The Labute approximate surface area is 117 Å². The number of rotatable bonds is 3. The van der Waals surface area contributed by atoms with Crippen molar-refractivity contribution in [3.05, 3.63) is 29.8 Å². The summed E-state index contributed by atoms with van der Waals surface area (Å²) in [6, 6.07) is 7.91. The third kappa shape index (κ3) is 3.66. The second-order valence-corrected chi connectivity index (χ2v) is 5.61. The molecule has 1 heterocycles. The molecule has 1 atom stereocenters. The number of anilines is 1. The van der Waals surface area contributed by atoms with Crippen LogP contribution in [0.1, 0.15) is 25.3 Å². The lowest BCUT2D eigenvalue weighted by atomic mass is 9.95. The first-order valence-electron chi connectivity index (χ1n) is 7.03. The van der Waals surface area contributed by atoms with E-state index >= 15 is 0 Å². The summed E-state index contributed by atoms with van der Waals surface area (Å²) in [5.74, 6) is -1.15. The zero-order valence-electron chi connectivity index (χ0n) is 11.7. The maximum absolute atomic E-state index is 12.7. The highest BCUT2D eigenvalue weighted by molar-refractivity contribution is 5.54. The Morgan fingerprint density at radius 1 is 1.25 bits per heavy atom. The quantitative estimate of drug-likeness (QED) is 0.923. The van der Waals surface area contributed by atoms with E-state index < -0.39 is 12.1 Å². The van der Waals surface area contributed by atoms with Crippen molar-refractivity contribution in [2.45, 2.75) is 38.4 Å². The smallest absolute Gasteiger partial charge is 0.371 e. The Balaban J connectivity index is 2.07. The minimum Gasteiger partial charge on any atom is -0.371 e. The molecule has 1 saturated heterocycles. The summed E-state index contributed by atoms with van der Waals surface area (Å²) in [5.41, 5.74) is 7.99. The largest absolute Gasteiger partial charge is 0.391 e. The van der Waals surface area contributed by atoms with Gasteiger partial charge in [-0.15, -0.1) is 0 Å². The van der Waals surface area contributed by atoms with Gasteiger partial charge in [-0.3, -0.25) is 0 Å². The molecule has 1 unspecified atom stereocenters. The highest BCUT2D eigenvalue weighted by atomic mass is 19.4. The van der Waals surface area contributed by atoms with Gasteiger partial charge in [0, 0.05) is 24.8 Å². The van der Waals surface area contributed by atoms with E-state index in [1.165, 1.54) is 0 Å². The molecule has 0 amide bonds. The second kappa shape index (κ2) is 6.04. The van der Waals surface area contributed by atoms with Gasteiger partial charge in [0.2, 0.25) is 0 Å². The molecule has 1 aromatic carbocycles. The van der Waals surface area contributed by atoms with Crippen LogP contribution in [0.15, 0.2) is 24.3 Å². The minimum atomic E-state index is -4.06. The SMILES string of the molecule is CC(N)Cc1ccccc1N1CCC(C(F)(F)F)CC1. The summed E-state index contributed by atoms with van der Waals surface area (Å²) < 4.78 is 38.1. The van der Waals surface area contributed by atoms with Gasteiger partial charge in [0.05, 0.1) is 5.92 Å². The fourth-order valence-electron chi connectivity index (χ4n) is 2.79. The Morgan fingerprint density at radius 2 is 1.85 bits per heavy atom. The summed E-state index contributed by atoms with van der Waals surface area (Å²) in [4.78, 5) is 2.06. The van der Waals surface area contributed by atoms with E-state index in [1.54, 1.807) is 0 Å². The number of alkyl halides is 3. The molecular formula is C15H21F3N2. The highest BCUT2D eigenvalue weighted by Gasteiger charge is 2.41. The van der Waals surface area contributed by atoms with Gasteiger partial charge in [0.15, 0.2) is 0 Å². The molecule has 5 heteroatoms. The maximum atomic E-state index is 12.7. The topological polar surface area (TPSA) is 29.3 Å². The highest BCUT2D eigenvalue weighted by Crippen LogP contribution is 2.36. The Bertz CT molecular complexity index is 435. The standard InChI is InChI=1S/C15H21F3N2/c1-11(19)10-12-4-2-3-5-14(12)20-8-6-13(7-9-20)15(16,17)18/h2-5,11,13H,6-10,19H2,1H3. The first-order chi connectivity index (χ1) is 9.38. The average Bonchev–Trinajstić information content (AvgIpc) is 2.38. The predicted molar refractivity (Wildman–Crippen MR) is 74.8 cm³/mol. The van der Waals surface area contributed by atoms with Crippen LogP contribution in [0, 0.1) is 5.92 Å². The number of para-hydroxylation sites is 1. The van der Waals surface area contributed by atoms with Gasteiger partial charge in [-0.05, 0) is 37.8 Å². The second-order valence-electron chi connectivity index (χ2n) is 5.61. The van der Waals surface area contributed by atoms with E-state index in [9.17, 15) is 13.2 Å². The van der Waals surface area contributed by atoms with Gasteiger partial charge in [0.25, 0.3) is 0 Å².